The van der Waals surface area contributed by atoms with Crippen LogP contribution in [0.15, 0.2) is 249 Å². The topological polar surface area (TPSA) is 3.24 Å². The molecular formula is C58H41N. The van der Waals surface area contributed by atoms with Crippen molar-refractivity contribution in [1.29, 1.82) is 0 Å². The third-order valence-electron chi connectivity index (χ3n) is 11.3. The summed E-state index contributed by atoms with van der Waals surface area (Å²) in [6.07, 6.45) is 0. The summed E-state index contributed by atoms with van der Waals surface area (Å²) in [6.45, 7) is 0. The van der Waals surface area contributed by atoms with Gasteiger partial charge >= 0.3 is 0 Å². The minimum atomic E-state index is 1.09. The maximum Gasteiger partial charge on any atom is 0.0540 e. The van der Waals surface area contributed by atoms with Gasteiger partial charge in [-0.1, -0.05) is 200 Å². The van der Waals surface area contributed by atoms with Crippen LogP contribution in [0.4, 0.5) is 17.1 Å². The summed E-state index contributed by atoms with van der Waals surface area (Å²) >= 11 is 0. The van der Waals surface area contributed by atoms with E-state index in [9.17, 15) is 0 Å². The highest BCUT2D eigenvalue weighted by Crippen LogP contribution is 2.42. The van der Waals surface area contributed by atoms with Gasteiger partial charge in [0.15, 0.2) is 0 Å². The first kappa shape index (κ1) is 35.7. The Bertz CT molecular complexity index is 3020. The van der Waals surface area contributed by atoms with Gasteiger partial charge in [0.25, 0.3) is 0 Å². The van der Waals surface area contributed by atoms with Crippen LogP contribution in [-0.2, 0) is 0 Å². The number of hydrogen-bond acceptors (Lipinski definition) is 1. The molecule has 0 radical (unpaired) electrons. The quantitative estimate of drug-likeness (QED) is 0.142. The van der Waals surface area contributed by atoms with Crippen molar-refractivity contribution in [3.63, 3.8) is 0 Å². The molecule has 0 aliphatic heterocycles. The second-order valence-corrected chi connectivity index (χ2v) is 15.0. The van der Waals surface area contributed by atoms with Crippen LogP contribution < -0.4 is 4.90 Å². The Kier molecular flexibility index (Phi) is 9.68. The van der Waals surface area contributed by atoms with Crippen LogP contribution in [0.2, 0.25) is 0 Å². The number of fused-ring (bicyclic) bond motifs is 1. The van der Waals surface area contributed by atoms with Crippen molar-refractivity contribution in [1.82, 2.24) is 0 Å². The monoisotopic (exact) mass is 751 g/mol. The van der Waals surface area contributed by atoms with Gasteiger partial charge in [-0.05, 0) is 121 Å². The molecule has 0 bridgehead atoms. The van der Waals surface area contributed by atoms with Crippen molar-refractivity contribution in [2.24, 2.45) is 0 Å². The van der Waals surface area contributed by atoms with Crippen molar-refractivity contribution in [2.75, 3.05) is 4.90 Å². The molecule has 10 aromatic carbocycles. The average Bonchev–Trinajstić information content (AvgIpc) is 3.33. The molecule has 10 rings (SSSR count). The molecule has 0 saturated heterocycles. The fourth-order valence-electron chi connectivity index (χ4n) is 8.20. The molecule has 1 heteroatoms. The van der Waals surface area contributed by atoms with E-state index in [1.165, 1.54) is 77.5 Å². The van der Waals surface area contributed by atoms with E-state index in [0.29, 0.717) is 0 Å². The van der Waals surface area contributed by atoms with E-state index in [1.807, 2.05) is 0 Å². The van der Waals surface area contributed by atoms with Gasteiger partial charge in [0.05, 0.1) is 5.69 Å². The number of hydrogen-bond donors (Lipinski definition) is 0. The molecule has 278 valence electrons. The molecule has 0 N–H and O–H groups in total. The van der Waals surface area contributed by atoms with E-state index < -0.39 is 0 Å². The average molecular weight is 752 g/mol. The standard InChI is InChI=1S/C58H41N/c1-3-14-42(15-4-1)49-20-11-22-51(38-49)53-24-13-25-56(41-53)59(58-27-10-9-26-57(58)47-17-5-2-6-18-47)55-36-34-45(35-37-55)44-28-30-46(31-29-44)50-21-12-23-52(39-50)54-33-32-43-16-7-8-19-48(43)40-54/h1-41H. The molecule has 0 aromatic heterocycles. The van der Waals surface area contributed by atoms with Gasteiger partial charge < -0.3 is 4.90 Å². The largest absolute Gasteiger partial charge is 0.310 e. The highest BCUT2D eigenvalue weighted by molar-refractivity contribution is 5.91. The van der Waals surface area contributed by atoms with Crippen LogP contribution in [0.5, 0.6) is 0 Å². The molecule has 0 unspecified atom stereocenters. The van der Waals surface area contributed by atoms with Gasteiger partial charge in [0.2, 0.25) is 0 Å². The summed E-state index contributed by atoms with van der Waals surface area (Å²) < 4.78 is 0. The predicted molar refractivity (Wildman–Crippen MR) is 251 cm³/mol. The maximum absolute atomic E-state index is 2.39. The smallest absolute Gasteiger partial charge is 0.0540 e. The number of nitrogens with zero attached hydrogens (tertiary/aromatic N) is 1. The third kappa shape index (κ3) is 7.46. The lowest BCUT2D eigenvalue weighted by atomic mass is 9.96. The van der Waals surface area contributed by atoms with Gasteiger partial charge in [-0.2, -0.15) is 0 Å². The van der Waals surface area contributed by atoms with Crippen LogP contribution in [0.1, 0.15) is 0 Å². The van der Waals surface area contributed by atoms with Crippen molar-refractivity contribution in [2.45, 2.75) is 0 Å². The van der Waals surface area contributed by atoms with E-state index in [1.54, 1.807) is 0 Å². The lowest BCUT2D eigenvalue weighted by Gasteiger charge is -2.28. The van der Waals surface area contributed by atoms with Crippen LogP contribution in [0.3, 0.4) is 0 Å². The van der Waals surface area contributed by atoms with E-state index in [2.05, 4.69) is 254 Å². The summed E-state index contributed by atoms with van der Waals surface area (Å²) in [5.74, 6) is 0. The summed E-state index contributed by atoms with van der Waals surface area (Å²) in [5.41, 5.74) is 17.7. The Morgan fingerprint density at radius 1 is 0.203 bits per heavy atom. The number of para-hydroxylation sites is 1. The zero-order chi connectivity index (χ0) is 39.4. The Balaban J connectivity index is 0.984. The SMILES string of the molecule is c1ccc(-c2cccc(-c3cccc(N(c4ccc(-c5ccc(-c6cccc(-c7ccc8ccccc8c7)c6)cc5)cc4)c4ccccc4-c4ccccc4)c3)c2)cc1. The lowest BCUT2D eigenvalue weighted by Crippen LogP contribution is -2.11. The van der Waals surface area contributed by atoms with Crippen molar-refractivity contribution in [3.8, 4) is 66.8 Å². The van der Waals surface area contributed by atoms with Crippen molar-refractivity contribution >= 4 is 27.8 Å². The molecule has 0 heterocycles. The Labute approximate surface area is 346 Å². The molecule has 0 saturated carbocycles. The van der Waals surface area contributed by atoms with Gasteiger partial charge in [-0.25, -0.2) is 0 Å². The van der Waals surface area contributed by atoms with Crippen molar-refractivity contribution < 1.29 is 0 Å². The van der Waals surface area contributed by atoms with E-state index >= 15 is 0 Å². The van der Waals surface area contributed by atoms with Crippen molar-refractivity contribution in [3.05, 3.63) is 249 Å². The summed E-state index contributed by atoms with van der Waals surface area (Å²) in [5, 5.41) is 2.52. The molecule has 0 aliphatic rings. The fourth-order valence-corrected chi connectivity index (χ4v) is 8.20. The zero-order valence-corrected chi connectivity index (χ0v) is 32.6. The van der Waals surface area contributed by atoms with E-state index in [4.69, 9.17) is 0 Å². The normalized spacial score (nSPS) is 11.1. The van der Waals surface area contributed by atoms with Gasteiger partial charge in [-0.15, -0.1) is 0 Å². The number of anilines is 3. The van der Waals surface area contributed by atoms with E-state index in [0.717, 1.165) is 17.1 Å². The second-order valence-electron chi connectivity index (χ2n) is 15.0. The Morgan fingerprint density at radius 3 is 1.25 bits per heavy atom. The summed E-state index contributed by atoms with van der Waals surface area (Å²) in [4.78, 5) is 2.39. The van der Waals surface area contributed by atoms with Crippen LogP contribution in [0.25, 0.3) is 77.5 Å². The maximum atomic E-state index is 2.39. The summed E-state index contributed by atoms with van der Waals surface area (Å²) in [6, 6.07) is 89.8. The lowest BCUT2D eigenvalue weighted by molar-refractivity contribution is 1.28. The van der Waals surface area contributed by atoms with Gasteiger partial charge in [0, 0.05) is 16.9 Å². The van der Waals surface area contributed by atoms with Gasteiger partial charge in [-0.3, -0.25) is 0 Å². The molecule has 0 spiro atoms. The van der Waals surface area contributed by atoms with Crippen LogP contribution in [0, 0.1) is 0 Å². The zero-order valence-electron chi connectivity index (χ0n) is 32.6. The molecular weight excluding hydrogens is 711 g/mol. The minimum Gasteiger partial charge on any atom is -0.310 e. The van der Waals surface area contributed by atoms with Gasteiger partial charge in [0.1, 0.15) is 0 Å². The minimum absolute atomic E-state index is 1.09. The molecule has 10 aromatic rings. The number of rotatable bonds is 9. The molecule has 0 amide bonds. The first-order valence-electron chi connectivity index (χ1n) is 20.2. The van der Waals surface area contributed by atoms with E-state index in [-0.39, 0.29) is 0 Å². The van der Waals surface area contributed by atoms with Crippen LogP contribution >= 0.6 is 0 Å². The first-order valence-corrected chi connectivity index (χ1v) is 20.2. The number of benzene rings is 10. The molecule has 59 heavy (non-hydrogen) atoms. The predicted octanol–water partition coefficient (Wildman–Crippen LogP) is 16.3. The fraction of sp³-hybridized carbons (Fsp3) is 0. The second kappa shape index (κ2) is 16.0. The molecule has 1 nitrogen and oxygen atoms in total. The molecule has 0 fully saturated rings. The highest BCUT2D eigenvalue weighted by atomic mass is 15.1. The first-order chi connectivity index (χ1) is 29.2. The summed E-state index contributed by atoms with van der Waals surface area (Å²) in [7, 11) is 0. The highest BCUT2D eigenvalue weighted by Gasteiger charge is 2.18. The third-order valence-corrected chi connectivity index (χ3v) is 11.3. The Morgan fingerprint density at radius 2 is 0.610 bits per heavy atom. The molecule has 0 atom stereocenters. The van der Waals surface area contributed by atoms with Crippen LogP contribution in [-0.4, -0.2) is 0 Å². The Hall–Kier alpha value is -7.74. The molecule has 0 aliphatic carbocycles.